The van der Waals surface area contributed by atoms with Crippen LogP contribution >= 0.6 is 0 Å². The Labute approximate surface area is 104 Å². The van der Waals surface area contributed by atoms with E-state index >= 15 is 0 Å². The lowest BCUT2D eigenvalue weighted by Gasteiger charge is -2.29. The zero-order valence-corrected chi connectivity index (χ0v) is 10.9. The Morgan fingerprint density at radius 2 is 2.12 bits per heavy atom. The highest BCUT2D eigenvalue weighted by Crippen LogP contribution is 2.31. The van der Waals surface area contributed by atoms with E-state index in [-0.39, 0.29) is 11.8 Å². The van der Waals surface area contributed by atoms with Gasteiger partial charge in [-0.1, -0.05) is 5.92 Å². The molecule has 17 heavy (non-hydrogen) atoms. The average Bonchev–Trinajstić information content (AvgIpc) is 3.14. The summed E-state index contributed by atoms with van der Waals surface area (Å²) in [5.74, 6) is 3.01. The van der Waals surface area contributed by atoms with Crippen LogP contribution in [0.4, 0.5) is 0 Å². The van der Waals surface area contributed by atoms with Crippen molar-refractivity contribution in [3.8, 4) is 12.3 Å². The first-order chi connectivity index (χ1) is 8.14. The van der Waals surface area contributed by atoms with Gasteiger partial charge >= 0.3 is 0 Å². The zero-order chi connectivity index (χ0) is 12.3. The Kier molecular flexibility index (Phi) is 4.08. The lowest BCUT2D eigenvalue weighted by molar-refractivity contribution is 0.405. The maximum absolute atomic E-state index is 12.4. The van der Waals surface area contributed by atoms with Crippen LogP contribution in [0.5, 0.6) is 0 Å². The summed E-state index contributed by atoms with van der Waals surface area (Å²) >= 11 is 0. The number of nitrogens with zero attached hydrogens (tertiary/aromatic N) is 1. The van der Waals surface area contributed by atoms with Crippen molar-refractivity contribution in [2.45, 2.75) is 30.9 Å². The van der Waals surface area contributed by atoms with Crippen molar-refractivity contribution in [1.29, 1.82) is 0 Å². The molecular formula is C12H20N2O2S. The fourth-order valence-corrected chi connectivity index (χ4v) is 4.12. The standard InChI is InChI=1S/C12H20N2O2S/c1-2-8-14(10-11-5-6-11)17(15,16)12-4-3-7-13-9-12/h1,11-13H,3-10H2. The highest BCUT2D eigenvalue weighted by Gasteiger charge is 2.35. The molecule has 0 spiro atoms. The van der Waals surface area contributed by atoms with Crippen molar-refractivity contribution in [2.24, 2.45) is 5.92 Å². The van der Waals surface area contributed by atoms with Crippen molar-refractivity contribution in [3.05, 3.63) is 0 Å². The van der Waals surface area contributed by atoms with Gasteiger partial charge < -0.3 is 5.32 Å². The lowest BCUT2D eigenvalue weighted by Crippen LogP contribution is -2.47. The van der Waals surface area contributed by atoms with Crippen LogP contribution in [0, 0.1) is 18.3 Å². The smallest absolute Gasteiger partial charge is 0.219 e. The van der Waals surface area contributed by atoms with Crippen LogP contribution < -0.4 is 5.32 Å². The van der Waals surface area contributed by atoms with Crippen molar-refractivity contribution < 1.29 is 8.42 Å². The van der Waals surface area contributed by atoms with Gasteiger partial charge in [-0.2, -0.15) is 4.31 Å². The summed E-state index contributed by atoms with van der Waals surface area (Å²) in [6.45, 7) is 2.32. The van der Waals surface area contributed by atoms with Crippen molar-refractivity contribution in [3.63, 3.8) is 0 Å². The number of hydrogen-bond acceptors (Lipinski definition) is 3. The molecule has 1 N–H and O–H groups in total. The average molecular weight is 256 g/mol. The summed E-state index contributed by atoms with van der Waals surface area (Å²) in [7, 11) is -3.21. The molecule has 0 aromatic rings. The number of hydrogen-bond donors (Lipinski definition) is 1. The summed E-state index contributed by atoms with van der Waals surface area (Å²) in [5, 5.41) is 2.86. The van der Waals surface area contributed by atoms with E-state index in [1.807, 2.05) is 0 Å². The molecule has 2 fully saturated rings. The van der Waals surface area contributed by atoms with Gasteiger partial charge in [0.25, 0.3) is 0 Å². The monoisotopic (exact) mass is 256 g/mol. The van der Waals surface area contributed by atoms with Crippen LogP contribution in [0.15, 0.2) is 0 Å². The Hall–Kier alpha value is -0.570. The molecule has 0 radical (unpaired) electrons. The van der Waals surface area contributed by atoms with Gasteiger partial charge in [0.05, 0.1) is 11.8 Å². The first-order valence-corrected chi connectivity index (χ1v) is 7.78. The third-order valence-corrected chi connectivity index (χ3v) is 5.70. The second kappa shape index (κ2) is 5.38. The van der Waals surface area contributed by atoms with Crippen LogP contribution in [0.3, 0.4) is 0 Å². The van der Waals surface area contributed by atoms with Crippen molar-refractivity contribution in [1.82, 2.24) is 9.62 Å². The molecule has 1 aliphatic heterocycles. The van der Waals surface area contributed by atoms with Crippen LogP contribution in [0.1, 0.15) is 25.7 Å². The second-order valence-corrected chi connectivity index (χ2v) is 7.17. The fraction of sp³-hybridized carbons (Fsp3) is 0.833. The largest absolute Gasteiger partial charge is 0.315 e. The first-order valence-electron chi connectivity index (χ1n) is 6.27. The minimum absolute atomic E-state index is 0.218. The molecule has 2 rings (SSSR count). The van der Waals surface area contributed by atoms with E-state index in [2.05, 4.69) is 11.2 Å². The Bertz CT molecular complexity index is 389. The van der Waals surface area contributed by atoms with Gasteiger partial charge in [0.1, 0.15) is 0 Å². The quantitative estimate of drug-likeness (QED) is 0.725. The summed E-state index contributed by atoms with van der Waals surface area (Å²) in [5.41, 5.74) is 0. The molecule has 1 aliphatic carbocycles. The van der Waals surface area contributed by atoms with Crippen LogP contribution in [0.2, 0.25) is 0 Å². The SMILES string of the molecule is C#CCN(CC1CC1)S(=O)(=O)C1CCCNC1. The molecule has 96 valence electrons. The number of nitrogens with one attached hydrogen (secondary N) is 1. The zero-order valence-electron chi connectivity index (χ0n) is 10.1. The molecule has 0 amide bonds. The molecule has 1 saturated heterocycles. The van der Waals surface area contributed by atoms with E-state index in [1.54, 1.807) is 0 Å². The Morgan fingerprint density at radius 1 is 1.35 bits per heavy atom. The Morgan fingerprint density at radius 3 is 2.65 bits per heavy atom. The van der Waals surface area contributed by atoms with Gasteiger partial charge in [-0.15, -0.1) is 6.42 Å². The normalized spacial score (nSPS) is 25.8. The maximum atomic E-state index is 12.4. The number of terminal acetylenes is 1. The van der Waals surface area contributed by atoms with Crippen molar-refractivity contribution >= 4 is 10.0 Å². The first kappa shape index (κ1) is 12.9. The van der Waals surface area contributed by atoms with E-state index in [0.29, 0.717) is 19.0 Å². The Balaban J connectivity index is 2.05. The summed E-state index contributed by atoms with van der Waals surface area (Å²) in [4.78, 5) is 0. The third-order valence-electron chi connectivity index (χ3n) is 3.46. The molecule has 1 unspecified atom stereocenters. The van der Waals surface area contributed by atoms with E-state index in [9.17, 15) is 8.42 Å². The van der Waals surface area contributed by atoms with E-state index in [1.165, 1.54) is 4.31 Å². The maximum Gasteiger partial charge on any atom is 0.219 e. The molecule has 2 aliphatic rings. The molecule has 5 heteroatoms. The minimum Gasteiger partial charge on any atom is -0.315 e. The summed E-state index contributed by atoms with van der Waals surface area (Å²) in [6.07, 6.45) is 9.24. The molecule has 0 aromatic heterocycles. The highest BCUT2D eigenvalue weighted by molar-refractivity contribution is 7.89. The molecule has 4 nitrogen and oxygen atoms in total. The van der Waals surface area contributed by atoms with Gasteiger partial charge in [-0.05, 0) is 38.1 Å². The molecule has 0 aromatic carbocycles. The summed E-state index contributed by atoms with van der Waals surface area (Å²) in [6, 6.07) is 0. The van der Waals surface area contributed by atoms with Gasteiger partial charge in [0.2, 0.25) is 10.0 Å². The molecule has 0 bridgehead atoms. The third kappa shape index (κ3) is 3.21. The van der Waals surface area contributed by atoms with E-state index in [0.717, 1.165) is 32.2 Å². The predicted octanol–water partition coefficient (Wildman–Crippen LogP) is 0.413. The molecule has 1 atom stereocenters. The van der Waals surface area contributed by atoms with Gasteiger partial charge in [-0.3, -0.25) is 0 Å². The van der Waals surface area contributed by atoms with Gasteiger partial charge in [0.15, 0.2) is 0 Å². The fourth-order valence-electron chi connectivity index (χ4n) is 2.23. The lowest BCUT2D eigenvalue weighted by atomic mass is 10.2. The predicted molar refractivity (Wildman–Crippen MR) is 67.9 cm³/mol. The molecular weight excluding hydrogens is 236 g/mol. The highest BCUT2D eigenvalue weighted by atomic mass is 32.2. The van der Waals surface area contributed by atoms with Crippen molar-refractivity contribution in [2.75, 3.05) is 26.2 Å². The van der Waals surface area contributed by atoms with Crippen LogP contribution in [-0.2, 0) is 10.0 Å². The van der Waals surface area contributed by atoms with E-state index in [4.69, 9.17) is 6.42 Å². The second-order valence-electron chi connectivity index (χ2n) is 4.95. The minimum atomic E-state index is -3.21. The van der Waals surface area contributed by atoms with E-state index < -0.39 is 10.0 Å². The molecule has 1 saturated carbocycles. The number of rotatable bonds is 5. The number of piperidine rings is 1. The van der Waals surface area contributed by atoms with Crippen LogP contribution in [-0.4, -0.2) is 44.2 Å². The number of sulfonamides is 1. The summed E-state index contributed by atoms with van der Waals surface area (Å²) < 4.78 is 26.4. The van der Waals surface area contributed by atoms with Gasteiger partial charge in [-0.25, -0.2) is 8.42 Å². The van der Waals surface area contributed by atoms with Crippen LogP contribution in [0.25, 0.3) is 0 Å². The topological polar surface area (TPSA) is 49.4 Å². The molecule has 1 heterocycles. The van der Waals surface area contributed by atoms with Gasteiger partial charge in [0, 0.05) is 13.1 Å².